The summed E-state index contributed by atoms with van der Waals surface area (Å²) in [5.74, 6) is -1.20. The monoisotopic (exact) mass is 301 g/mol. The highest BCUT2D eigenvalue weighted by atomic mass is 35.5. The van der Waals surface area contributed by atoms with Crippen LogP contribution in [0.15, 0.2) is 24.3 Å². The molecule has 0 bridgehead atoms. The highest BCUT2D eigenvalue weighted by Crippen LogP contribution is 2.25. The third-order valence-electron chi connectivity index (χ3n) is 2.27. The zero-order chi connectivity index (χ0) is 14.3. The number of hydrogen-bond acceptors (Lipinski definition) is 2. The second kappa shape index (κ2) is 7.81. The Bertz CT molecular complexity index is 480. The van der Waals surface area contributed by atoms with Crippen LogP contribution in [0.25, 0.3) is 6.08 Å². The van der Waals surface area contributed by atoms with Crippen molar-refractivity contribution in [3.05, 3.63) is 39.9 Å². The minimum atomic E-state index is -0.882. The van der Waals surface area contributed by atoms with Gasteiger partial charge < -0.3 is 10.4 Å². The van der Waals surface area contributed by atoms with Gasteiger partial charge in [0.2, 0.25) is 5.91 Å². The Labute approximate surface area is 121 Å². The predicted molar refractivity (Wildman–Crippen MR) is 75.4 cm³/mol. The van der Waals surface area contributed by atoms with E-state index in [0.29, 0.717) is 28.6 Å². The summed E-state index contributed by atoms with van der Waals surface area (Å²) in [7, 11) is 0. The molecule has 2 N–H and O–H groups in total. The Morgan fingerprint density at radius 2 is 1.89 bits per heavy atom. The number of hydrogen-bond donors (Lipinski definition) is 2. The van der Waals surface area contributed by atoms with Gasteiger partial charge in [-0.05, 0) is 24.6 Å². The molecule has 0 aliphatic rings. The Kier molecular flexibility index (Phi) is 6.39. The Morgan fingerprint density at radius 1 is 1.26 bits per heavy atom. The van der Waals surface area contributed by atoms with E-state index in [4.69, 9.17) is 28.3 Å². The topological polar surface area (TPSA) is 66.4 Å². The van der Waals surface area contributed by atoms with E-state index in [1.807, 2.05) is 0 Å². The summed E-state index contributed by atoms with van der Waals surface area (Å²) in [6.07, 6.45) is 3.26. The van der Waals surface area contributed by atoms with Crippen LogP contribution in [0.5, 0.6) is 0 Å². The van der Waals surface area contributed by atoms with Crippen molar-refractivity contribution in [1.82, 2.24) is 5.32 Å². The molecule has 1 aromatic rings. The van der Waals surface area contributed by atoms with E-state index in [1.54, 1.807) is 18.2 Å². The largest absolute Gasteiger partial charge is 0.481 e. The van der Waals surface area contributed by atoms with Crippen LogP contribution in [0.4, 0.5) is 0 Å². The van der Waals surface area contributed by atoms with Crippen molar-refractivity contribution < 1.29 is 14.7 Å². The Balaban J connectivity index is 2.48. The second-order valence-electron chi connectivity index (χ2n) is 3.76. The second-order valence-corrected chi connectivity index (χ2v) is 4.57. The molecule has 0 unspecified atom stereocenters. The first-order valence-electron chi connectivity index (χ1n) is 5.62. The van der Waals surface area contributed by atoms with Crippen LogP contribution in [0.3, 0.4) is 0 Å². The van der Waals surface area contributed by atoms with Crippen molar-refractivity contribution in [2.75, 3.05) is 6.54 Å². The summed E-state index contributed by atoms with van der Waals surface area (Å²) < 4.78 is 0. The quantitative estimate of drug-likeness (QED) is 0.627. The molecule has 0 saturated carbocycles. The van der Waals surface area contributed by atoms with Crippen LogP contribution in [0, 0.1) is 0 Å². The lowest BCUT2D eigenvalue weighted by Crippen LogP contribution is -2.22. The average Bonchev–Trinajstić information content (AvgIpc) is 2.34. The molecule has 0 heterocycles. The van der Waals surface area contributed by atoms with Gasteiger partial charge in [0.25, 0.3) is 0 Å². The first kappa shape index (κ1) is 15.5. The highest BCUT2D eigenvalue weighted by molar-refractivity contribution is 6.37. The lowest BCUT2D eigenvalue weighted by molar-refractivity contribution is -0.137. The number of carboxylic acids is 1. The van der Waals surface area contributed by atoms with Crippen LogP contribution in [-0.2, 0) is 9.59 Å². The molecule has 0 saturated heterocycles. The lowest BCUT2D eigenvalue weighted by Gasteiger charge is -2.02. The minimum Gasteiger partial charge on any atom is -0.481 e. The molecule has 0 aromatic heterocycles. The van der Waals surface area contributed by atoms with Gasteiger partial charge >= 0.3 is 5.97 Å². The minimum absolute atomic E-state index is 0.0281. The number of benzene rings is 1. The number of halogens is 2. The van der Waals surface area contributed by atoms with Crippen molar-refractivity contribution >= 4 is 41.2 Å². The van der Waals surface area contributed by atoms with E-state index in [1.165, 1.54) is 12.2 Å². The van der Waals surface area contributed by atoms with Crippen molar-refractivity contribution in [1.29, 1.82) is 0 Å². The van der Waals surface area contributed by atoms with E-state index in [2.05, 4.69) is 5.32 Å². The zero-order valence-electron chi connectivity index (χ0n) is 10.0. The molecular formula is C13H13Cl2NO3. The Morgan fingerprint density at radius 3 is 2.47 bits per heavy atom. The van der Waals surface area contributed by atoms with Gasteiger partial charge in [-0.25, -0.2) is 0 Å². The van der Waals surface area contributed by atoms with Gasteiger partial charge in [0, 0.05) is 34.7 Å². The number of carboxylic acid groups (broad SMARTS) is 1. The molecule has 1 amide bonds. The maximum Gasteiger partial charge on any atom is 0.303 e. The summed E-state index contributed by atoms with van der Waals surface area (Å²) >= 11 is 11.9. The molecule has 0 aliphatic heterocycles. The summed E-state index contributed by atoms with van der Waals surface area (Å²) in [6.45, 7) is 0.311. The van der Waals surface area contributed by atoms with Gasteiger partial charge in [-0.2, -0.15) is 0 Å². The molecule has 1 aromatic carbocycles. The number of carbonyl (C=O) groups excluding carboxylic acids is 1. The van der Waals surface area contributed by atoms with E-state index in [-0.39, 0.29) is 12.3 Å². The lowest BCUT2D eigenvalue weighted by atomic mass is 10.2. The van der Waals surface area contributed by atoms with Crippen molar-refractivity contribution in [2.45, 2.75) is 12.8 Å². The normalized spacial score (nSPS) is 10.6. The zero-order valence-corrected chi connectivity index (χ0v) is 11.5. The fourth-order valence-corrected chi connectivity index (χ4v) is 1.86. The number of nitrogens with one attached hydrogen (secondary N) is 1. The van der Waals surface area contributed by atoms with Crippen molar-refractivity contribution in [3.8, 4) is 0 Å². The molecule has 102 valence electrons. The molecule has 0 aliphatic carbocycles. The summed E-state index contributed by atoms with van der Waals surface area (Å²) in [4.78, 5) is 21.7. The van der Waals surface area contributed by atoms with Crippen molar-refractivity contribution in [3.63, 3.8) is 0 Å². The van der Waals surface area contributed by atoms with E-state index in [9.17, 15) is 9.59 Å². The maximum absolute atomic E-state index is 11.5. The van der Waals surface area contributed by atoms with Crippen LogP contribution in [-0.4, -0.2) is 23.5 Å². The Hall–Kier alpha value is -1.52. The molecule has 0 spiro atoms. The third kappa shape index (κ3) is 5.77. The number of rotatable bonds is 6. The molecule has 0 fully saturated rings. The molecule has 6 heteroatoms. The SMILES string of the molecule is O=C(O)CCCNC(=O)/C=C/c1c(Cl)cccc1Cl. The molecule has 4 nitrogen and oxygen atoms in total. The van der Waals surface area contributed by atoms with Gasteiger partial charge in [0.15, 0.2) is 0 Å². The summed E-state index contributed by atoms with van der Waals surface area (Å²) in [5.41, 5.74) is 0.575. The van der Waals surface area contributed by atoms with Crippen molar-refractivity contribution in [2.24, 2.45) is 0 Å². The molecular weight excluding hydrogens is 289 g/mol. The van der Waals surface area contributed by atoms with Crippen LogP contribution in [0.2, 0.25) is 10.0 Å². The number of carbonyl (C=O) groups is 2. The summed E-state index contributed by atoms with van der Waals surface area (Å²) in [6, 6.07) is 5.07. The summed E-state index contributed by atoms with van der Waals surface area (Å²) in [5, 5.41) is 11.9. The van der Waals surface area contributed by atoms with Gasteiger partial charge in [-0.3, -0.25) is 9.59 Å². The number of aliphatic carboxylic acids is 1. The van der Waals surface area contributed by atoms with E-state index >= 15 is 0 Å². The maximum atomic E-state index is 11.5. The smallest absolute Gasteiger partial charge is 0.303 e. The van der Waals surface area contributed by atoms with E-state index < -0.39 is 5.97 Å². The third-order valence-corrected chi connectivity index (χ3v) is 2.93. The fourth-order valence-electron chi connectivity index (χ4n) is 1.34. The average molecular weight is 302 g/mol. The molecule has 1 rings (SSSR count). The predicted octanol–water partition coefficient (Wildman–Crippen LogP) is 2.99. The van der Waals surface area contributed by atoms with Gasteiger partial charge in [0.05, 0.1) is 0 Å². The van der Waals surface area contributed by atoms with Crippen LogP contribution >= 0.6 is 23.2 Å². The van der Waals surface area contributed by atoms with Crippen LogP contribution < -0.4 is 5.32 Å². The molecule has 19 heavy (non-hydrogen) atoms. The van der Waals surface area contributed by atoms with Gasteiger partial charge in [-0.1, -0.05) is 29.3 Å². The fraction of sp³-hybridized carbons (Fsp3) is 0.231. The van der Waals surface area contributed by atoms with E-state index in [0.717, 1.165) is 0 Å². The highest BCUT2D eigenvalue weighted by Gasteiger charge is 2.03. The van der Waals surface area contributed by atoms with Gasteiger partial charge in [0.1, 0.15) is 0 Å². The first-order valence-corrected chi connectivity index (χ1v) is 6.38. The molecule has 0 radical (unpaired) electrons. The first-order chi connectivity index (χ1) is 9.00. The standard InChI is InChI=1S/C13H13Cl2NO3/c14-10-3-1-4-11(15)9(10)6-7-12(17)16-8-2-5-13(18)19/h1,3-4,6-7H,2,5,8H2,(H,16,17)(H,18,19)/b7-6+. The van der Waals surface area contributed by atoms with Gasteiger partial charge in [-0.15, -0.1) is 0 Å². The number of amides is 1. The molecule has 0 atom stereocenters. The van der Waals surface area contributed by atoms with Crippen LogP contribution in [0.1, 0.15) is 18.4 Å².